The summed E-state index contributed by atoms with van der Waals surface area (Å²) in [4.78, 5) is 12.3. The molecule has 2 aromatic carbocycles. The third kappa shape index (κ3) is 7.28. The van der Waals surface area contributed by atoms with Crippen LogP contribution in [-0.4, -0.2) is 26.4 Å². The second kappa shape index (κ2) is 11.9. The molecule has 1 amide bonds. The number of nitrogens with zero attached hydrogens (tertiary/aromatic N) is 3. The first-order chi connectivity index (χ1) is 15.4. The standard InChI is InChI=1S/C24H29ClN4O2S/c1-4-18-7-11-21(12-8-18)31-15-22-27-28-24(29(22)14-17(2)3)32-16-23(30)26-13-19-5-9-20(25)10-6-19/h5-12,17H,4,13-16H2,1-3H3,(H,26,30). The summed E-state index contributed by atoms with van der Waals surface area (Å²) in [6, 6.07) is 15.5. The SMILES string of the molecule is CCc1ccc(OCc2nnc(SCC(=O)NCc3ccc(Cl)cc3)n2CC(C)C)cc1. The summed E-state index contributed by atoms with van der Waals surface area (Å²) >= 11 is 7.28. The molecule has 0 spiro atoms. The molecule has 1 N–H and O–H groups in total. The molecule has 0 aliphatic carbocycles. The maximum Gasteiger partial charge on any atom is 0.230 e. The van der Waals surface area contributed by atoms with Crippen LogP contribution in [0.4, 0.5) is 0 Å². The van der Waals surface area contributed by atoms with Crippen molar-refractivity contribution in [2.75, 3.05) is 5.75 Å². The van der Waals surface area contributed by atoms with Crippen LogP contribution in [0.1, 0.15) is 37.7 Å². The van der Waals surface area contributed by atoms with E-state index in [9.17, 15) is 4.79 Å². The van der Waals surface area contributed by atoms with E-state index in [1.54, 1.807) is 0 Å². The fraction of sp³-hybridized carbons (Fsp3) is 0.375. The van der Waals surface area contributed by atoms with E-state index in [2.05, 4.69) is 48.4 Å². The molecule has 0 radical (unpaired) electrons. The number of hydrogen-bond donors (Lipinski definition) is 1. The molecule has 1 aromatic heterocycles. The number of rotatable bonds is 11. The predicted octanol–water partition coefficient (Wildman–Crippen LogP) is 5.14. The van der Waals surface area contributed by atoms with Gasteiger partial charge in [-0.2, -0.15) is 0 Å². The number of amides is 1. The molecule has 0 fully saturated rings. The van der Waals surface area contributed by atoms with Crippen LogP contribution >= 0.6 is 23.4 Å². The fourth-order valence-corrected chi connectivity index (χ4v) is 3.96. The van der Waals surface area contributed by atoms with Crippen LogP contribution < -0.4 is 10.1 Å². The van der Waals surface area contributed by atoms with Crippen molar-refractivity contribution in [3.8, 4) is 5.75 Å². The number of hydrogen-bond acceptors (Lipinski definition) is 5. The molecule has 3 aromatic rings. The molecule has 170 valence electrons. The Kier molecular flexibility index (Phi) is 9.00. The minimum atomic E-state index is -0.0575. The second-order valence-electron chi connectivity index (χ2n) is 7.88. The predicted molar refractivity (Wildman–Crippen MR) is 129 cm³/mol. The summed E-state index contributed by atoms with van der Waals surface area (Å²) in [5.74, 6) is 2.17. The Labute approximate surface area is 198 Å². The van der Waals surface area contributed by atoms with E-state index >= 15 is 0 Å². The van der Waals surface area contributed by atoms with Crippen LogP contribution in [0.15, 0.2) is 53.7 Å². The Morgan fingerprint density at radius 2 is 1.78 bits per heavy atom. The van der Waals surface area contributed by atoms with Crippen molar-refractivity contribution in [2.45, 2.75) is 52.0 Å². The zero-order chi connectivity index (χ0) is 22.9. The van der Waals surface area contributed by atoms with Crippen molar-refractivity contribution in [1.29, 1.82) is 0 Å². The van der Waals surface area contributed by atoms with Gasteiger partial charge in [0.25, 0.3) is 0 Å². The van der Waals surface area contributed by atoms with Gasteiger partial charge in [0.1, 0.15) is 12.4 Å². The first kappa shape index (κ1) is 24.1. The Balaban J connectivity index is 1.57. The highest BCUT2D eigenvalue weighted by Crippen LogP contribution is 2.20. The molecular weight excluding hydrogens is 444 g/mol. The normalized spacial score (nSPS) is 11.0. The molecule has 0 saturated carbocycles. The average Bonchev–Trinajstić information content (AvgIpc) is 3.17. The molecule has 0 unspecified atom stereocenters. The van der Waals surface area contributed by atoms with Gasteiger partial charge in [-0.3, -0.25) is 4.79 Å². The first-order valence-corrected chi connectivity index (χ1v) is 12.1. The molecule has 0 atom stereocenters. The van der Waals surface area contributed by atoms with Crippen molar-refractivity contribution in [2.24, 2.45) is 5.92 Å². The van der Waals surface area contributed by atoms with Crippen LogP contribution in [0.3, 0.4) is 0 Å². The minimum absolute atomic E-state index is 0.0575. The van der Waals surface area contributed by atoms with Gasteiger partial charge in [-0.05, 0) is 47.7 Å². The Hall–Kier alpha value is -2.51. The zero-order valence-corrected chi connectivity index (χ0v) is 20.2. The van der Waals surface area contributed by atoms with Gasteiger partial charge in [-0.15, -0.1) is 10.2 Å². The van der Waals surface area contributed by atoms with E-state index in [0.717, 1.165) is 35.3 Å². The average molecular weight is 473 g/mol. The molecule has 1 heterocycles. The van der Waals surface area contributed by atoms with Gasteiger partial charge in [0, 0.05) is 18.1 Å². The van der Waals surface area contributed by atoms with Crippen LogP contribution in [0.25, 0.3) is 0 Å². The highest BCUT2D eigenvalue weighted by molar-refractivity contribution is 7.99. The van der Waals surface area contributed by atoms with E-state index < -0.39 is 0 Å². The van der Waals surface area contributed by atoms with Crippen LogP contribution in [-0.2, 0) is 30.9 Å². The number of thioether (sulfide) groups is 1. The van der Waals surface area contributed by atoms with E-state index in [1.807, 2.05) is 41.0 Å². The number of nitrogens with one attached hydrogen (secondary N) is 1. The lowest BCUT2D eigenvalue weighted by molar-refractivity contribution is -0.118. The van der Waals surface area contributed by atoms with Crippen LogP contribution in [0.2, 0.25) is 5.02 Å². The number of aryl methyl sites for hydroxylation is 1. The van der Waals surface area contributed by atoms with E-state index in [1.165, 1.54) is 17.3 Å². The summed E-state index contributed by atoms with van der Waals surface area (Å²) < 4.78 is 7.97. The Bertz CT molecular complexity index is 1000. The fourth-order valence-electron chi connectivity index (χ4n) is 3.03. The Morgan fingerprint density at radius 3 is 2.44 bits per heavy atom. The van der Waals surface area contributed by atoms with Gasteiger partial charge in [0.2, 0.25) is 5.91 Å². The summed E-state index contributed by atoms with van der Waals surface area (Å²) in [5.41, 5.74) is 2.27. The topological polar surface area (TPSA) is 69.0 Å². The van der Waals surface area contributed by atoms with E-state index in [4.69, 9.17) is 16.3 Å². The van der Waals surface area contributed by atoms with Crippen LogP contribution in [0, 0.1) is 5.92 Å². The maximum absolute atomic E-state index is 12.3. The number of halogens is 1. The van der Waals surface area contributed by atoms with E-state index in [0.29, 0.717) is 24.1 Å². The number of ether oxygens (including phenoxy) is 1. The second-order valence-corrected chi connectivity index (χ2v) is 9.26. The summed E-state index contributed by atoms with van der Waals surface area (Å²) in [5, 5.41) is 13.0. The molecule has 3 rings (SSSR count). The lowest BCUT2D eigenvalue weighted by Gasteiger charge is -2.13. The van der Waals surface area contributed by atoms with Crippen molar-refractivity contribution in [1.82, 2.24) is 20.1 Å². The molecule has 6 nitrogen and oxygen atoms in total. The molecule has 32 heavy (non-hydrogen) atoms. The van der Waals surface area contributed by atoms with Gasteiger partial charge in [0.05, 0.1) is 5.75 Å². The lowest BCUT2D eigenvalue weighted by atomic mass is 10.2. The maximum atomic E-state index is 12.3. The number of aromatic nitrogens is 3. The molecule has 0 saturated heterocycles. The van der Waals surface area contributed by atoms with E-state index in [-0.39, 0.29) is 11.7 Å². The smallest absolute Gasteiger partial charge is 0.230 e. The van der Waals surface area contributed by atoms with Crippen molar-refractivity contribution >= 4 is 29.3 Å². The van der Waals surface area contributed by atoms with Gasteiger partial charge < -0.3 is 14.6 Å². The molecule has 0 aliphatic rings. The van der Waals surface area contributed by atoms with Crippen LogP contribution in [0.5, 0.6) is 5.75 Å². The first-order valence-electron chi connectivity index (χ1n) is 10.7. The van der Waals surface area contributed by atoms with Gasteiger partial charge in [-0.1, -0.05) is 68.4 Å². The summed E-state index contributed by atoms with van der Waals surface area (Å²) in [7, 11) is 0. The van der Waals surface area contributed by atoms with Gasteiger partial charge in [0.15, 0.2) is 11.0 Å². The summed E-state index contributed by atoms with van der Waals surface area (Å²) in [6.07, 6.45) is 0.997. The van der Waals surface area contributed by atoms with Crippen molar-refractivity contribution in [3.63, 3.8) is 0 Å². The van der Waals surface area contributed by atoms with Crippen molar-refractivity contribution in [3.05, 3.63) is 70.5 Å². The molecular formula is C24H29ClN4O2S. The zero-order valence-electron chi connectivity index (χ0n) is 18.7. The Morgan fingerprint density at radius 1 is 1.09 bits per heavy atom. The number of carbonyl (C=O) groups is 1. The van der Waals surface area contributed by atoms with Gasteiger partial charge >= 0.3 is 0 Å². The molecule has 0 bridgehead atoms. The quantitative estimate of drug-likeness (QED) is 0.391. The molecule has 8 heteroatoms. The highest BCUT2D eigenvalue weighted by atomic mass is 35.5. The van der Waals surface area contributed by atoms with Crippen molar-refractivity contribution < 1.29 is 9.53 Å². The lowest BCUT2D eigenvalue weighted by Crippen LogP contribution is -2.24. The third-order valence-corrected chi connectivity index (χ3v) is 5.99. The minimum Gasteiger partial charge on any atom is -0.486 e. The summed E-state index contributed by atoms with van der Waals surface area (Å²) in [6.45, 7) is 7.96. The third-order valence-electron chi connectivity index (χ3n) is 4.78. The molecule has 0 aliphatic heterocycles. The number of carbonyl (C=O) groups excluding carboxylic acids is 1. The highest BCUT2D eigenvalue weighted by Gasteiger charge is 2.16. The monoisotopic (exact) mass is 472 g/mol. The largest absolute Gasteiger partial charge is 0.486 e. The van der Waals surface area contributed by atoms with Gasteiger partial charge in [-0.25, -0.2) is 0 Å². The number of benzene rings is 2.